The van der Waals surface area contributed by atoms with Crippen LogP contribution in [-0.4, -0.2) is 18.5 Å². The van der Waals surface area contributed by atoms with Crippen molar-refractivity contribution in [3.8, 4) is 0 Å². The number of hydrogen-bond acceptors (Lipinski definition) is 4. The summed E-state index contributed by atoms with van der Waals surface area (Å²) in [6.07, 6.45) is 2.69. The second-order valence-corrected chi connectivity index (χ2v) is 7.78. The van der Waals surface area contributed by atoms with Gasteiger partial charge in [0.05, 0.1) is 6.61 Å². The summed E-state index contributed by atoms with van der Waals surface area (Å²) in [6.45, 7) is 5.80. The first-order chi connectivity index (χ1) is 13.5. The molecule has 0 bridgehead atoms. The zero-order chi connectivity index (χ0) is 20.1. The van der Waals surface area contributed by atoms with E-state index >= 15 is 0 Å². The fourth-order valence-electron chi connectivity index (χ4n) is 3.84. The molecule has 0 aliphatic carbocycles. The highest BCUT2D eigenvalue weighted by Gasteiger charge is 2.51. The number of esters is 2. The van der Waals surface area contributed by atoms with E-state index in [9.17, 15) is 9.59 Å². The van der Waals surface area contributed by atoms with Gasteiger partial charge in [-0.1, -0.05) is 64.5 Å². The predicted octanol–water partition coefficient (Wildman–Crippen LogP) is 5.13. The van der Waals surface area contributed by atoms with Crippen LogP contribution in [0.3, 0.4) is 0 Å². The van der Waals surface area contributed by atoms with Crippen molar-refractivity contribution in [1.29, 1.82) is 0 Å². The van der Waals surface area contributed by atoms with Gasteiger partial charge in [0.1, 0.15) is 5.60 Å². The highest BCUT2D eigenvalue weighted by molar-refractivity contribution is 9.10. The molecule has 2 aromatic rings. The maximum absolute atomic E-state index is 13.1. The van der Waals surface area contributed by atoms with E-state index in [0.29, 0.717) is 12.8 Å². The zero-order valence-electron chi connectivity index (χ0n) is 15.8. The molecular weight excluding hydrogens is 420 g/mol. The van der Waals surface area contributed by atoms with Crippen molar-refractivity contribution in [2.45, 2.75) is 31.3 Å². The predicted molar refractivity (Wildman–Crippen MR) is 111 cm³/mol. The molecule has 0 radical (unpaired) electrons. The maximum Gasteiger partial charge on any atom is 0.321 e. The summed E-state index contributed by atoms with van der Waals surface area (Å²) in [7, 11) is 0. The second-order valence-electron chi connectivity index (χ2n) is 6.87. The summed E-state index contributed by atoms with van der Waals surface area (Å²) >= 11 is 3.44. The van der Waals surface area contributed by atoms with Crippen LogP contribution in [0.2, 0.25) is 0 Å². The van der Waals surface area contributed by atoms with Crippen molar-refractivity contribution in [3.63, 3.8) is 0 Å². The molecule has 0 spiro atoms. The van der Waals surface area contributed by atoms with Gasteiger partial charge >= 0.3 is 11.9 Å². The van der Waals surface area contributed by atoms with Gasteiger partial charge in [0, 0.05) is 23.2 Å². The lowest BCUT2D eigenvalue weighted by molar-refractivity contribution is -0.186. The Morgan fingerprint density at radius 1 is 1.25 bits per heavy atom. The standard InChI is InChI=1S/C23H23BrO4/c1-3-14-23(17-8-6-5-7-9-17)15-19(16-10-12-18(24)13-11-16)20(22(26)28-23)21(25)27-4-2/h3,5-13,19-20H,1,4,14-15H2,2H3/t19-,20+,23+/m1/s1. The topological polar surface area (TPSA) is 52.6 Å². The Labute approximate surface area is 173 Å². The first kappa shape index (κ1) is 20.3. The minimum Gasteiger partial charge on any atom is -0.465 e. The van der Waals surface area contributed by atoms with E-state index < -0.39 is 23.5 Å². The number of benzene rings is 2. The molecule has 1 aliphatic rings. The van der Waals surface area contributed by atoms with E-state index in [1.54, 1.807) is 13.0 Å². The first-order valence-corrected chi connectivity index (χ1v) is 10.1. The number of hydrogen-bond donors (Lipinski definition) is 0. The Bertz CT molecular complexity index is 847. The van der Waals surface area contributed by atoms with Crippen molar-refractivity contribution in [2.24, 2.45) is 5.92 Å². The van der Waals surface area contributed by atoms with Gasteiger partial charge in [0.2, 0.25) is 0 Å². The summed E-state index contributed by atoms with van der Waals surface area (Å²) in [4.78, 5) is 25.7. The third-order valence-electron chi connectivity index (χ3n) is 5.11. The normalized spacial score (nSPS) is 24.3. The van der Waals surface area contributed by atoms with E-state index in [1.807, 2.05) is 54.6 Å². The van der Waals surface area contributed by atoms with Crippen LogP contribution in [0.4, 0.5) is 0 Å². The van der Waals surface area contributed by atoms with Gasteiger partial charge in [-0.3, -0.25) is 9.59 Å². The number of rotatable bonds is 6. The summed E-state index contributed by atoms with van der Waals surface area (Å²) in [6, 6.07) is 17.3. The minimum atomic E-state index is -0.984. The molecule has 4 nitrogen and oxygen atoms in total. The van der Waals surface area contributed by atoms with E-state index in [4.69, 9.17) is 9.47 Å². The number of ether oxygens (including phenoxy) is 2. The molecule has 0 amide bonds. The fourth-order valence-corrected chi connectivity index (χ4v) is 4.11. The monoisotopic (exact) mass is 442 g/mol. The molecule has 1 saturated heterocycles. The summed E-state index contributed by atoms with van der Waals surface area (Å²) in [5.74, 6) is -2.43. The van der Waals surface area contributed by atoms with Crippen LogP contribution in [0.1, 0.15) is 36.8 Å². The average molecular weight is 443 g/mol. The molecule has 0 N–H and O–H groups in total. The van der Waals surface area contributed by atoms with Crippen molar-refractivity contribution in [2.75, 3.05) is 6.61 Å². The smallest absolute Gasteiger partial charge is 0.321 e. The van der Waals surface area contributed by atoms with Gasteiger partial charge in [-0.2, -0.15) is 0 Å². The number of cyclic esters (lactones) is 1. The van der Waals surface area contributed by atoms with Gasteiger partial charge in [-0.15, -0.1) is 6.58 Å². The Kier molecular flexibility index (Phi) is 6.35. The molecule has 0 saturated carbocycles. The molecule has 28 heavy (non-hydrogen) atoms. The largest absolute Gasteiger partial charge is 0.465 e. The van der Waals surface area contributed by atoms with E-state index in [0.717, 1.165) is 15.6 Å². The molecule has 3 rings (SSSR count). The van der Waals surface area contributed by atoms with Crippen LogP contribution in [0, 0.1) is 5.92 Å². The molecule has 0 unspecified atom stereocenters. The van der Waals surface area contributed by atoms with Gasteiger partial charge in [-0.25, -0.2) is 0 Å². The minimum absolute atomic E-state index is 0.214. The molecule has 1 heterocycles. The molecular formula is C23H23BrO4. The summed E-state index contributed by atoms with van der Waals surface area (Å²) < 4.78 is 12.1. The van der Waals surface area contributed by atoms with Gasteiger partial charge in [0.15, 0.2) is 5.92 Å². The zero-order valence-corrected chi connectivity index (χ0v) is 17.4. The Balaban J connectivity index is 2.08. The molecule has 1 fully saturated rings. The second kappa shape index (κ2) is 8.74. The van der Waals surface area contributed by atoms with Crippen LogP contribution in [-0.2, 0) is 24.7 Å². The van der Waals surface area contributed by atoms with Crippen LogP contribution >= 0.6 is 15.9 Å². The summed E-state index contributed by atoms with van der Waals surface area (Å²) in [5, 5.41) is 0. The SMILES string of the molecule is C=CC[C@@]1(c2ccccc2)C[C@H](c2ccc(Br)cc2)[C@@H](C(=O)OCC)C(=O)O1. The van der Waals surface area contributed by atoms with Crippen LogP contribution in [0.15, 0.2) is 71.7 Å². The molecule has 3 atom stereocenters. The number of carbonyl (C=O) groups is 2. The van der Waals surface area contributed by atoms with Crippen LogP contribution in [0.25, 0.3) is 0 Å². The third kappa shape index (κ3) is 4.04. The van der Waals surface area contributed by atoms with Crippen molar-refractivity contribution >= 4 is 27.9 Å². The third-order valence-corrected chi connectivity index (χ3v) is 5.64. The van der Waals surface area contributed by atoms with Gasteiger partial charge < -0.3 is 9.47 Å². The highest BCUT2D eigenvalue weighted by atomic mass is 79.9. The first-order valence-electron chi connectivity index (χ1n) is 9.32. The molecule has 2 aromatic carbocycles. The summed E-state index contributed by atoms with van der Waals surface area (Å²) in [5.41, 5.74) is 0.941. The highest BCUT2D eigenvalue weighted by Crippen LogP contribution is 2.48. The van der Waals surface area contributed by atoms with E-state index in [1.165, 1.54) is 0 Å². The fraction of sp³-hybridized carbons (Fsp3) is 0.304. The van der Waals surface area contributed by atoms with Crippen molar-refractivity contribution < 1.29 is 19.1 Å². The number of carbonyl (C=O) groups excluding carboxylic acids is 2. The Morgan fingerprint density at radius 2 is 1.93 bits per heavy atom. The van der Waals surface area contributed by atoms with Gasteiger partial charge in [-0.05, 0) is 30.2 Å². The maximum atomic E-state index is 13.1. The molecule has 5 heteroatoms. The Morgan fingerprint density at radius 3 is 2.54 bits per heavy atom. The van der Waals surface area contributed by atoms with E-state index in [-0.39, 0.29) is 12.5 Å². The van der Waals surface area contributed by atoms with Crippen LogP contribution in [0.5, 0.6) is 0 Å². The van der Waals surface area contributed by atoms with Crippen molar-refractivity contribution in [1.82, 2.24) is 0 Å². The lowest BCUT2D eigenvalue weighted by atomic mass is 9.72. The quantitative estimate of drug-likeness (QED) is 0.353. The lowest BCUT2D eigenvalue weighted by Gasteiger charge is -2.43. The van der Waals surface area contributed by atoms with Crippen molar-refractivity contribution in [3.05, 3.63) is 82.9 Å². The average Bonchev–Trinajstić information content (AvgIpc) is 2.69. The molecule has 0 aromatic heterocycles. The Hall–Kier alpha value is -2.40. The van der Waals surface area contributed by atoms with Crippen LogP contribution < -0.4 is 0 Å². The molecule has 1 aliphatic heterocycles. The van der Waals surface area contributed by atoms with Gasteiger partial charge in [0.25, 0.3) is 0 Å². The molecule has 146 valence electrons. The van der Waals surface area contributed by atoms with E-state index in [2.05, 4.69) is 22.5 Å². The lowest BCUT2D eigenvalue weighted by Crippen LogP contribution is -2.47. The number of halogens is 1.